The van der Waals surface area contributed by atoms with Crippen molar-refractivity contribution in [3.8, 4) is 11.5 Å². The number of benzene rings is 2. The zero-order valence-corrected chi connectivity index (χ0v) is 20.1. The van der Waals surface area contributed by atoms with Crippen molar-refractivity contribution in [1.82, 2.24) is 9.62 Å². The van der Waals surface area contributed by atoms with E-state index < -0.39 is 27.0 Å². The molecule has 1 unspecified atom stereocenters. The predicted molar refractivity (Wildman–Crippen MR) is 127 cm³/mol. The topological polar surface area (TPSA) is 140 Å². The molecule has 1 heterocycles. The number of carbonyl (C=O) groups is 1. The molecule has 0 radical (unpaired) electrons. The van der Waals surface area contributed by atoms with E-state index in [2.05, 4.69) is 10.6 Å². The zero-order valence-electron chi connectivity index (χ0n) is 19.2. The van der Waals surface area contributed by atoms with E-state index in [-0.39, 0.29) is 17.8 Å². The van der Waals surface area contributed by atoms with Crippen LogP contribution in [0.2, 0.25) is 0 Å². The second-order valence-electron chi connectivity index (χ2n) is 7.89. The van der Waals surface area contributed by atoms with Crippen molar-refractivity contribution >= 4 is 27.3 Å². The molecule has 1 aliphatic rings. The zero-order chi connectivity index (χ0) is 24.9. The molecule has 2 aromatic rings. The summed E-state index contributed by atoms with van der Waals surface area (Å²) in [6.45, 7) is 0.504. The van der Waals surface area contributed by atoms with Crippen LogP contribution in [0.15, 0.2) is 36.4 Å². The lowest BCUT2D eigenvalue weighted by Gasteiger charge is -2.35. The molecule has 1 amide bonds. The third-order valence-electron chi connectivity index (χ3n) is 5.56. The van der Waals surface area contributed by atoms with Crippen molar-refractivity contribution in [3.05, 3.63) is 57.6 Å². The van der Waals surface area contributed by atoms with E-state index in [0.717, 1.165) is 24.7 Å². The highest BCUT2D eigenvalue weighted by Gasteiger charge is 2.30. The first-order chi connectivity index (χ1) is 16.1. The molecule has 2 N–H and O–H groups in total. The SMILES string of the molecule is COc1ccc(CNC(=O)c2cc([N+](=O)[O-])ccc2NC2CCCCN2S(C)(=O)=O)cc1OC. The molecule has 184 valence electrons. The Morgan fingerprint density at radius 1 is 1.15 bits per heavy atom. The van der Waals surface area contributed by atoms with Gasteiger partial charge in [0.05, 0.1) is 37.1 Å². The molecule has 12 heteroatoms. The first kappa shape index (κ1) is 25.2. The van der Waals surface area contributed by atoms with Crippen LogP contribution in [-0.4, -0.2) is 56.7 Å². The van der Waals surface area contributed by atoms with Gasteiger partial charge in [0.1, 0.15) is 0 Å². The fourth-order valence-corrected chi connectivity index (χ4v) is 4.93. The number of nitro groups is 1. The Balaban J connectivity index is 1.85. The van der Waals surface area contributed by atoms with Crippen molar-refractivity contribution in [3.63, 3.8) is 0 Å². The van der Waals surface area contributed by atoms with E-state index >= 15 is 0 Å². The monoisotopic (exact) mass is 492 g/mol. The van der Waals surface area contributed by atoms with Gasteiger partial charge in [-0.25, -0.2) is 8.42 Å². The van der Waals surface area contributed by atoms with Crippen molar-refractivity contribution in [2.24, 2.45) is 0 Å². The van der Waals surface area contributed by atoms with Gasteiger partial charge in [-0.1, -0.05) is 6.07 Å². The number of methoxy groups -OCH3 is 2. The molecule has 0 aliphatic carbocycles. The number of anilines is 1. The van der Waals surface area contributed by atoms with E-state index in [9.17, 15) is 23.3 Å². The number of hydrogen-bond acceptors (Lipinski definition) is 8. The summed E-state index contributed by atoms with van der Waals surface area (Å²) in [6, 6.07) is 9.08. The summed E-state index contributed by atoms with van der Waals surface area (Å²) in [7, 11) is -0.441. The number of carbonyl (C=O) groups excluding carboxylic acids is 1. The van der Waals surface area contributed by atoms with E-state index in [0.29, 0.717) is 30.2 Å². The predicted octanol–water partition coefficient (Wildman–Crippen LogP) is 2.73. The normalized spacial score (nSPS) is 16.5. The fourth-order valence-electron chi connectivity index (χ4n) is 3.85. The van der Waals surface area contributed by atoms with Gasteiger partial charge in [-0.15, -0.1) is 0 Å². The van der Waals surface area contributed by atoms with Crippen molar-refractivity contribution in [2.45, 2.75) is 32.0 Å². The van der Waals surface area contributed by atoms with Gasteiger partial charge in [0, 0.05) is 30.9 Å². The van der Waals surface area contributed by atoms with E-state index in [1.165, 1.54) is 36.7 Å². The number of amides is 1. The molecule has 0 bridgehead atoms. The van der Waals surface area contributed by atoms with Gasteiger partial charge in [0.15, 0.2) is 11.5 Å². The van der Waals surface area contributed by atoms with Crippen molar-refractivity contribution in [2.75, 3.05) is 32.3 Å². The van der Waals surface area contributed by atoms with Gasteiger partial charge in [-0.05, 0) is 43.0 Å². The van der Waals surface area contributed by atoms with Gasteiger partial charge in [0.25, 0.3) is 11.6 Å². The Hall–Kier alpha value is -3.38. The van der Waals surface area contributed by atoms with Gasteiger partial charge in [-0.2, -0.15) is 4.31 Å². The summed E-state index contributed by atoms with van der Waals surface area (Å²) >= 11 is 0. The number of non-ortho nitro benzene ring substituents is 1. The summed E-state index contributed by atoms with van der Waals surface area (Å²) in [5.74, 6) is 0.512. The minimum atomic E-state index is -3.47. The minimum absolute atomic E-state index is 0.0497. The molecular formula is C22H28N4O7S. The van der Waals surface area contributed by atoms with Crippen LogP contribution in [-0.2, 0) is 16.6 Å². The third kappa shape index (κ3) is 5.94. The number of nitrogens with zero attached hydrogens (tertiary/aromatic N) is 2. The van der Waals surface area contributed by atoms with E-state index in [4.69, 9.17) is 9.47 Å². The van der Waals surface area contributed by atoms with E-state index in [1.54, 1.807) is 18.2 Å². The number of sulfonamides is 1. The van der Waals surface area contributed by atoms with Crippen LogP contribution in [0.5, 0.6) is 11.5 Å². The molecule has 0 aromatic heterocycles. The van der Waals surface area contributed by atoms with Crippen LogP contribution in [0.25, 0.3) is 0 Å². The summed E-state index contributed by atoms with van der Waals surface area (Å²) < 4.78 is 36.2. The highest BCUT2D eigenvalue weighted by Crippen LogP contribution is 2.29. The smallest absolute Gasteiger partial charge is 0.270 e. The van der Waals surface area contributed by atoms with Gasteiger partial charge < -0.3 is 20.1 Å². The average molecular weight is 493 g/mol. The Morgan fingerprint density at radius 2 is 1.88 bits per heavy atom. The van der Waals surface area contributed by atoms with Crippen LogP contribution < -0.4 is 20.1 Å². The highest BCUT2D eigenvalue weighted by molar-refractivity contribution is 7.88. The summed E-state index contributed by atoms with van der Waals surface area (Å²) in [6.07, 6.45) is 2.69. The Morgan fingerprint density at radius 3 is 2.53 bits per heavy atom. The maximum atomic E-state index is 13.0. The highest BCUT2D eigenvalue weighted by atomic mass is 32.2. The number of nitrogens with one attached hydrogen (secondary N) is 2. The summed E-state index contributed by atoms with van der Waals surface area (Å²) in [5.41, 5.74) is 0.858. The van der Waals surface area contributed by atoms with Gasteiger partial charge >= 0.3 is 0 Å². The van der Waals surface area contributed by atoms with E-state index in [1.807, 2.05) is 0 Å². The second kappa shape index (κ2) is 10.7. The second-order valence-corrected chi connectivity index (χ2v) is 9.82. The van der Waals surface area contributed by atoms with Crippen LogP contribution >= 0.6 is 0 Å². The first-order valence-corrected chi connectivity index (χ1v) is 12.5. The molecule has 11 nitrogen and oxygen atoms in total. The number of nitro benzene ring substituents is 1. The average Bonchev–Trinajstić information content (AvgIpc) is 2.82. The lowest BCUT2D eigenvalue weighted by atomic mass is 10.1. The lowest BCUT2D eigenvalue weighted by molar-refractivity contribution is -0.384. The van der Waals surface area contributed by atoms with Crippen LogP contribution in [0.1, 0.15) is 35.2 Å². The molecule has 1 atom stereocenters. The molecular weight excluding hydrogens is 464 g/mol. The van der Waals surface area contributed by atoms with Gasteiger partial charge in [-0.3, -0.25) is 14.9 Å². The molecule has 3 rings (SSSR count). The maximum absolute atomic E-state index is 13.0. The molecule has 1 aliphatic heterocycles. The first-order valence-electron chi connectivity index (χ1n) is 10.6. The Labute approximate surface area is 198 Å². The fraction of sp³-hybridized carbons (Fsp3) is 0.409. The standard InChI is InChI=1S/C22H28N4O7S/c1-32-19-10-7-15(12-20(19)33-2)14-23-22(27)17-13-16(26(28)29)8-9-18(17)24-21-6-4-5-11-25(21)34(3,30)31/h7-10,12-13,21,24H,4-6,11,14H2,1-3H3,(H,23,27). The maximum Gasteiger partial charge on any atom is 0.270 e. The Bertz CT molecular complexity index is 1170. The quantitative estimate of drug-likeness (QED) is 0.402. The minimum Gasteiger partial charge on any atom is -0.493 e. The van der Waals surface area contributed by atoms with Crippen molar-refractivity contribution in [1.29, 1.82) is 0 Å². The van der Waals surface area contributed by atoms with Crippen LogP contribution in [0.4, 0.5) is 11.4 Å². The molecule has 1 saturated heterocycles. The number of ether oxygens (including phenoxy) is 2. The molecule has 34 heavy (non-hydrogen) atoms. The third-order valence-corrected chi connectivity index (χ3v) is 6.85. The molecule has 2 aromatic carbocycles. The Kier molecular flexibility index (Phi) is 7.94. The molecule has 0 saturated carbocycles. The van der Waals surface area contributed by atoms with Gasteiger partial charge in [0.2, 0.25) is 10.0 Å². The number of piperidine rings is 1. The number of hydrogen-bond donors (Lipinski definition) is 2. The van der Waals surface area contributed by atoms with Crippen molar-refractivity contribution < 1.29 is 27.6 Å². The van der Waals surface area contributed by atoms with Crippen LogP contribution in [0, 0.1) is 10.1 Å². The largest absolute Gasteiger partial charge is 0.493 e. The van der Waals surface area contributed by atoms with Crippen LogP contribution in [0.3, 0.4) is 0 Å². The summed E-state index contributed by atoms with van der Waals surface area (Å²) in [5, 5.41) is 17.2. The lowest BCUT2D eigenvalue weighted by Crippen LogP contribution is -2.47. The molecule has 1 fully saturated rings. The molecule has 0 spiro atoms. The number of rotatable bonds is 9. The summed E-state index contributed by atoms with van der Waals surface area (Å²) in [4.78, 5) is 23.8.